The summed E-state index contributed by atoms with van der Waals surface area (Å²) in [6.07, 6.45) is 5.57. The normalized spacial score (nSPS) is 14.8. The molecule has 2 aromatic rings. The number of rotatable bonds is 11. The molecule has 10 heteroatoms. The quantitative estimate of drug-likeness (QED) is 0.372. The second kappa shape index (κ2) is 13.2. The smallest absolute Gasteiger partial charge is 0.242 e. The van der Waals surface area contributed by atoms with E-state index in [0.717, 1.165) is 43.1 Å². The van der Waals surface area contributed by atoms with Crippen molar-refractivity contribution in [1.82, 2.24) is 10.2 Å². The number of hydrogen-bond donors (Lipinski definition) is 1. The van der Waals surface area contributed by atoms with Gasteiger partial charge in [0.2, 0.25) is 21.8 Å². The molecule has 0 aromatic heterocycles. The minimum Gasteiger partial charge on any atom is -0.352 e. The number of aryl methyl sites for hydroxylation is 2. The molecule has 1 fully saturated rings. The largest absolute Gasteiger partial charge is 0.352 e. The molecule has 2 aromatic carbocycles. The third kappa shape index (κ3) is 8.10. The van der Waals surface area contributed by atoms with E-state index in [-0.39, 0.29) is 37.4 Å². The molecule has 0 spiro atoms. The number of hydrogen-bond acceptors (Lipinski definition) is 4. The predicted molar refractivity (Wildman–Crippen MR) is 154 cm³/mol. The Hall–Kier alpha value is -2.29. The SMILES string of the molecule is Cc1ccc(N(CCCC(=O)N(Cc2ccc(Cl)cc2Cl)C(C)C(=O)NC2CCCC2)S(C)(=O)=O)cc1C. The number of benzene rings is 2. The monoisotopic (exact) mass is 581 g/mol. The summed E-state index contributed by atoms with van der Waals surface area (Å²) < 4.78 is 26.4. The molecular formula is C28H37Cl2N3O4S. The summed E-state index contributed by atoms with van der Waals surface area (Å²) in [5.74, 6) is -0.457. The van der Waals surface area contributed by atoms with Crippen LogP contribution in [0.3, 0.4) is 0 Å². The maximum atomic E-state index is 13.5. The number of anilines is 1. The van der Waals surface area contributed by atoms with Gasteiger partial charge in [-0.3, -0.25) is 13.9 Å². The fourth-order valence-corrected chi connectivity index (χ4v) is 6.12. The van der Waals surface area contributed by atoms with Gasteiger partial charge >= 0.3 is 0 Å². The van der Waals surface area contributed by atoms with Crippen molar-refractivity contribution < 1.29 is 18.0 Å². The Morgan fingerprint density at radius 1 is 1.05 bits per heavy atom. The molecule has 1 saturated carbocycles. The number of amides is 2. The van der Waals surface area contributed by atoms with Crippen molar-refractivity contribution in [3.05, 3.63) is 63.1 Å². The zero-order valence-electron chi connectivity index (χ0n) is 22.5. The van der Waals surface area contributed by atoms with Crippen molar-refractivity contribution in [3.63, 3.8) is 0 Å². The molecule has 0 aliphatic heterocycles. The Morgan fingerprint density at radius 3 is 2.34 bits per heavy atom. The maximum Gasteiger partial charge on any atom is 0.242 e. The molecule has 2 amide bonds. The molecule has 1 aliphatic rings. The van der Waals surface area contributed by atoms with Crippen LogP contribution < -0.4 is 9.62 Å². The van der Waals surface area contributed by atoms with E-state index in [1.165, 1.54) is 9.21 Å². The van der Waals surface area contributed by atoms with Gasteiger partial charge in [-0.2, -0.15) is 0 Å². The highest BCUT2D eigenvalue weighted by Crippen LogP contribution is 2.25. The zero-order chi connectivity index (χ0) is 28.0. The molecule has 208 valence electrons. The van der Waals surface area contributed by atoms with E-state index in [9.17, 15) is 18.0 Å². The number of nitrogens with zero attached hydrogens (tertiary/aromatic N) is 2. The van der Waals surface area contributed by atoms with E-state index in [0.29, 0.717) is 27.7 Å². The molecule has 7 nitrogen and oxygen atoms in total. The minimum atomic E-state index is -3.55. The van der Waals surface area contributed by atoms with Crippen LogP contribution in [0.5, 0.6) is 0 Å². The van der Waals surface area contributed by atoms with E-state index >= 15 is 0 Å². The molecule has 0 radical (unpaired) electrons. The van der Waals surface area contributed by atoms with Crippen LogP contribution in [0.25, 0.3) is 0 Å². The van der Waals surface area contributed by atoms with Crippen LogP contribution in [0.1, 0.15) is 62.1 Å². The van der Waals surface area contributed by atoms with Gasteiger partial charge in [-0.15, -0.1) is 0 Å². The van der Waals surface area contributed by atoms with Crippen LogP contribution in [0, 0.1) is 13.8 Å². The lowest BCUT2D eigenvalue weighted by atomic mass is 10.1. The summed E-state index contributed by atoms with van der Waals surface area (Å²) in [7, 11) is -3.55. The van der Waals surface area contributed by atoms with Crippen LogP contribution in [-0.2, 0) is 26.2 Å². The first-order valence-corrected chi connectivity index (χ1v) is 15.6. The summed E-state index contributed by atoms with van der Waals surface area (Å²) in [5.41, 5.74) is 3.30. The number of carbonyl (C=O) groups excluding carboxylic acids is 2. The maximum absolute atomic E-state index is 13.5. The first-order chi connectivity index (χ1) is 17.9. The first-order valence-electron chi connectivity index (χ1n) is 13.0. The Balaban J connectivity index is 1.75. The molecule has 1 N–H and O–H groups in total. The van der Waals surface area contributed by atoms with E-state index in [1.54, 1.807) is 31.2 Å². The molecule has 0 heterocycles. The molecule has 38 heavy (non-hydrogen) atoms. The van der Waals surface area contributed by atoms with Crippen LogP contribution in [0.2, 0.25) is 10.0 Å². The molecule has 1 atom stereocenters. The van der Waals surface area contributed by atoms with Gasteiger partial charge in [0, 0.05) is 35.6 Å². The van der Waals surface area contributed by atoms with Gasteiger partial charge in [0.05, 0.1) is 11.9 Å². The number of sulfonamides is 1. The van der Waals surface area contributed by atoms with Crippen molar-refractivity contribution in [1.29, 1.82) is 0 Å². The Bertz CT molecular complexity index is 1260. The molecule has 0 saturated heterocycles. The van der Waals surface area contributed by atoms with Gasteiger partial charge in [0.25, 0.3) is 0 Å². The highest BCUT2D eigenvalue weighted by Gasteiger charge is 2.29. The topological polar surface area (TPSA) is 86.8 Å². The standard InChI is InChI=1S/C28H37Cl2N3O4S/c1-19-11-14-25(16-20(19)2)33(38(4,36)37)15-7-10-27(34)32(18-22-12-13-23(29)17-26(22)30)21(3)28(35)31-24-8-5-6-9-24/h11-14,16-17,21,24H,5-10,15,18H2,1-4H3,(H,31,35). The van der Waals surface area contributed by atoms with Gasteiger partial charge in [-0.25, -0.2) is 8.42 Å². The molecule has 1 aliphatic carbocycles. The van der Waals surface area contributed by atoms with Crippen molar-refractivity contribution in [2.45, 2.75) is 77.9 Å². The summed E-state index contributed by atoms with van der Waals surface area (Å²) in [5, 5.41) is 3.97. The fourth-order valence-electron chi connectivity index (χ4n) is 4.69. The molecule has 1 unspecified atom stereocenters. The van der Waals surface area contributed by atoms with Crippen molar-refractivity contribution >= 4 is 50.7 Å². The fraction of sp³-hybridized carbons (Fsp3) is 0.500. The number of nitrogens with one attached hydrogen (secondary N) is 1. The average molecular weight is 583 g/mol. The van der Waals surface area contributed by atoms with Crippen molar-refractivity contribution in [2.75, 3.05) is 17.1 Å². The minimum absolute atomic E-state index is 0.0725. The number of carbonyl (C=O) groups is 2. The van der Waals surface area contributed by atoms with Gasteiger partial charge in [0.1, 0.15) is 6.04 Å². The summed E-state index contributed by atoms with van der Waals surface area (Å²) in [6, 6.07) is 9.95. The highest BCUT2D eigenvalue weighted by molar-refractivity contribution is 7.92. The van der Waals surface area contributed by atoms with E-state index in [1.807, 2.05) is 26.0 Å². The molecular weight excluding hydrogens is 545 g/mol. The van der Waals surface area contributed by atoms with Gasteiger partial charge in [-0.05, 0) is 81.0 Å². The lowest BCUT2D eigenvalue weighted by Crippen LogP contribution is -2.49. The van der Waals surface area contributed by atoms with Crippen molar-refractivity contribution in [3.8, 4) is 0 Å². The third-order valence-corrected chi connectivity index (χ3v) is 8.94. The van der Waals surface area contributed by atoms with Crippen LogP contribution >= 0.6 is 23.2 Å². The highest BCUT2D eigenvalue weighted by atomic mass is 35.5. The second-order valence-electron chi connectivity index (χ2n) is 10.1. The van der Waals surface area contributed by atoms with E-state index in [4.69, 9.17) is 23.2 Å². The van der Waals surface area contributed by atoms with E-state index in [2.05, 4.69) is 5.32 Å². The zero-order valence-corrected chi connectivity index (χ0v) is 24.8. The predicted octanol–water partition coefficient (Wildman–Crippen LogP) is 5.63. The van der Waals surface area contributed by atoms with Gasteiger partial charge in [0.15, 0.2) is 0 Å². The lowest BCUT2D eigenvalue weighted by molar-refractivity contribution is -0.140. The van der Waals surface area contributed by atoms with Gasteiger partial charge in [-0.1, -0.05) is 48.2 Å². The summed E-state index contributed by atoms with van der Waals surface area (Å²) in [4.78, 5) is 28.1. The Kier molecular flexibility index (Phi) is 10.5. The van der Waals surface area contributed by atoms with Crippen LogP contribution in [-0.4, -0.2) is 50.0 Å². The number of halogens is 2. The van der Waals surface area contributed by atoms with Gasteiger partial charge < -0.3 is 10.2 Å². The lowest BCUT2D eigenvalue weighted by Gasteiger charge is -2.30. The third-order valence-electron chi connectivity index (χ3n) is 7.16. The van der Waals surface area contributed by atoms with E-state index < -0.39 is 16.1 Å². The second-order valence-corrected chi connectivity index (χ2v) is 12.9. The molecule has 3 rings (SSSR count). The van der Waals surface area contributed by atoms with Crippen molar-refractivity contribution in [2.24, 2.45) is 0 Å². The van der Waals surface area contributed by atoms with Crippen LogP contribution in [0.15, 0.2) is 36.4 Å². The molecule has 0 bridgehead atoms. The average Bonchev–Trinajstić information content (AvgIpc) is 3.35. The Morgan fingerprint density at radius 2 is 1.74 bits per heavy atom. The van der Waals surface area contributed by atoms with Crippen LogP contribution in [0.4, 0.5) is 5.69 Å². The summed E-state index contributed by atoms with van der Waals surface area (Å²) >= 11 is 12.4. The first kappa shape index (κ1) is 30.3. The Labute approximate surface area is 236 Å². The summed E-state index contributed by atoms with van der Waals surface area (Å²) in [6.45, 7) is 5.89.